The van der Waals surface area contributed by atoms with Crippen LogP contribution in [0.3, 0.4) is 0 Å². The molecule has 0 unspecified atom stereocenters. The molecule has 0 aliphatic rings. The minimum Gasteiger partial charge on any atom is -0.363 e. The Morgan fingerprint density at radius 1 is 1.33 bits per heavy atom. The van der Waals surface area contributed by atoms with Gasteiger partial charge in [-0.05, 0) is 31.9 Å². The van der Waals surface area contributed by atoms with Crippen LogP contribution in [0.4, 0.5) is 11.6 Å². The maximum atomic E-state index is 10.2. The second-order valence-electron chi connectivity index (χ2n) is 1.80. The van der Waals surface area contributed by atoms with Crippen molar-refractivity contribution in [2.45, 2.75) is 27.7 Å². The lowest BCUT2D eigenvalue weighted by Gasteiger charge is -1.93. The Hall–Kier alpha value is -1.17. The number of halogens is 1. The topological polar surface area (TPSA) is 82.0 Å². The van der Waals surface area contributed by atoms with Crippen molar-refractivity contribution < 1.29 is 4.92 Å². The Morgan fingerprint density at radius 2 is 1.80 bits per heavy atom. The summed E-state index contributed by atoms with van der Waals surface area (Å²) in [7, 11) is 0. The summed E-state index contributed by atoms with van der Waals surface area (Å²) in [6, 6.07) is 2.97. The number of rotatable bonds is 1. The van der Waals surface area contributed by atoms with E-state index in [2.05, 4.69) is 20.9 Å². The van der Waals surface area contributed by atoms with Crippen LogP contribution in [0.5, 0.6) is 0 Å². The predicted octanol–water partition coefficient (Wildman–Crippen LogP) is 3.39. The Morgan fingerprint density at radius 3 is 2.13 bits per heavy atom. The molecular formula is C9H16BrN3O2. The molecule has 1 heterocycles. The molecule has 1 rings (SSSR count). The number of nitrogens with zero attached hydrogens (tertiary/aromatic N) is 2. The fourth-order valence-electron chi connectivity index (χ4n) is 0.574. The van der Waals surface area contributed by atoms with Crippen LogP contribution in [0, 0.1) is 10.1 Å². The Bertz CT molecular complexity index is 305. The van der Waals surface area contributed by atoms with E-state index < -0.39 is 4.92 Å². The van der Waals surface area contributed by atoms with Crippen molar-refractivity contribution in [1.29, 1.82) is 0 Å². The monoisotopic (exact) mass is 277 g/mol. The van der Waals surface area contributed by atoms with Crippen LogP contribution < -0.4 is 5.73 Å². The molecular weight excluding hydrogens is 262 g/mol. The van der Waals surface area contributed by atoms with Gasteiger partial charge in [0.15, 0.2) is 0 Å². The van der Waals surface area contributed by atoms with E-state index in [-0.39, 0.29) is 11.6 Å². The van der Waals surface area contributed by atoms with Gasteiger partial charge in [0.25, 0.3) is 0 Å². The lowest BCUT2D eigenvalue weighted by molar-refractivity contribution is -0.390. The highest BCUT2D eigenvalue weighted by atomic mass is 79.9. The molecule has 6 heteroatoms. The minimum atomic E-state index is -0.597. The molecule has 0 aliphatic carbocycles. The van der Waals surface area contributed by atoms with Gasteiger partial charge in [0.1, 0.15) is 4.47 Å². The number of nitrogen functional groups attached to an aromatic ring is 1. The molecule has 5 nitrogen and oxygen atoms in total. The van der Waals surface area contributed by atoms with Gasteiger partial charge in [-0.3, -0.25) is 0 Å². The van der Waals surface area contributed by atoms with Crippen molar-refractivity contribution >= 4 is 27.6 Å². The van der Waals surface area contributed by atoms with Crippen LogP contribution in [-0.4, -0.2) is 9.91 Å². The highest BCUT2D eigenvalue weighted by Crippen LogP contribution is 2.22. The Balaban J connectivity index is 0. The lowest BCUT2D eigenvalue weighted by atomic mass is 10.4. The van der Waals surface area contributed by atoms with Crippen LogP contribution in [0.15, 0.2) is 16.6 Å². The Labute approximate surface area is 98.0 Å². The van der Waals surface area contributed by atoms with Crippen LogP contribution in [0.25, 0.3) is 0 Å². The van der Waals surface area contributed by atoms with E-state index in [1.54, 1.807) is 0 Å². The lowest BCUT2D eigenvalue weighted by Crippen LogP contribution is -1.96. The third-order valence-corrected chi connectivity index (χ3v) is 1.64. The molecule has 0 saturated heterocycles. The first-order chi connectivity index (χ1) is 7.11. The molecule has 1 aromatic rings. The number of nitrogens with two attached hydrogens (primary N) is 1. The molecule has 1 aromatic heterocycles. The normalized spacial score (nSPS) is 7.80. The number of nitro groups is 1. The van der Waals surface area contributed by atoms with E-state index >= 15 is 0 Å². The summed E-state index contributed by atoms with van der Waals surface area (Å²) < 4.78 is 0.330. The molecule has 86 valence electrons. The zero-order valence-electron chi connectivity index (χ0n) is 9.32. The summed E-state index contributed by atoms with van der Waals surface area (Å²) in [5.74, 6) is -0.120. The average molecular weight is 278 g/mol. The average Bonchev–Trinajstić information content (AvgIpc) is 2.27. The molecule has 0 saturated carbocycles. The summed E-state index contributed by atoms with van der Waals surface area (Å²) in [5, 5.41) is 10.2. The smallest absolute Gasteiger partial charge is 0.363 e. The van der Waals surface area contributed by atoms with Gasteiger partial charge in [-0.15, -0.1) is 0 Å². The van der Waals surface area contributed by atoms with Gasteiger partial charge in [0.05, 0.1) is 0 Å². The number of aromatic nitrogens is 1. The van der Waals surface area contributed by atoms with Crippen LogP contribution in [0.2, 0.25) is 0 Å². The molecule has 15 heavy (non-hydrogen) atoms. The third kappa shape index (κ3) is 6.01. The summed E-state index contributed by atoms with van der Waals surface area (Å²) in [5.41, 5.74) is 5.23. The van der Waals surface area contributed by atoms with Crippen molar-refractivity contribution in [3.63, 3.8) is 0 Å². The summed E-state index contributed by atoms with van der Waals surface area (Å²) in [6.45, 7) is 8.00. The molecule has 0 aliphatic heterocycles. The molecule has 0 fully saturated rings. The van der Waals surface area contributed by atoms with Gasteiger partial charge in [0, 0.05) is 6.07 Å². The van der Waals surface area contributed by atoms with Gasteiger partial charge >= 0.3 is 5.82 Å². The molecule has 0 bridgehead atoms. The first-order valence-electron chi connectivity index (χ1n) is 4.67. The van der Waals surface area contributed by atoms with Crippen molar-refractivity contribution in [2.75, 3.05) is 5.73 Å². The van der Waals surface area contributed by atoms with Crippen molar-refractivity contribution in [3.8, 4) is 0 Å². The zero-order chi connectivity index (χ0) is 12.4. The standard InChI is InChI=1S/C5H4BrN3O2.2C2H6/c6-3-1-2-4(7)8-5(3)9(10)11;2*1-2/h1-2H,(H2,7,8);2*1-2H3. The Kier molecular flexibility index (Phi) is 10.2. The first kappa shape index (κ1) is 16.3. The third-order valence-electron chi connectivity index (χ3n) is 1.02. The van der Waals surface area contributed by atoms with E-state index in [1.807, 2.05) is 27.7 Å². The predicted molar refractivity (Wildman–Crippen MR) is 65.7 cm³/mol. The highest BCUT2D eigenvalue weighted by Gasteiger charge is 2.13. The van der Waals surface area contributed by atoms with Crippen molar-refractivity contribution in [1.82, 2.24) is 4.98 Å². The first-order valence-corrected chi connectivity index (χ1v) is 5.47. The number of anilines is 1. The largest absolute Gasteiger partial charge is 0.380 e. The fraction of sp³-hybridized carbons (Fsp3) is 0.444. The van der Waals surface area contributed by atoms with Gasteiger partial charge in [-0.25, -0.2) is 0 Å². The molecule has 0 atom stereocenters. The summed E-state index contributed by atoms with van der Waals surface area (Å²) in [6.07, 6.45) is 0. The van der Waals surface area contributed by atoms with Gasteiger partial charge in [-0.2, -0.15) is 0 Å². The summed E-state index contributed by atoms with van der Waals surface area (Å²) in [4.78, 5) is 13.1. The van der Waals surface area contributed by atoms with Gasteiger partial charge < -0.3 is 15.8 Å². The highest BCUT2D eigenvalue weighted by molar-refractivity contribution is 9.10. The molecule has 0 spiro atoms. The molecule has 2 N–H and O–H groups in total. The maximum Gasteiger partial charge on any atom is 0.380 e. The molecule has 0 aromatic carbocycles. The van der Waals surface area contributed by atoms with E-state index in [4.69, 9.17) is 5.73 Å². The van der Waals surface area contributed by atoms with E-state index in [0.717, 1.165) is 0 Å². The quantitative estimate of drug-likeness (QED) is 0.630. The van der Waals surface area contributed by atoms with Crippen molar-refractivity contribution in [2.24, 2.45) is 0 Å². The zero-order valence-corrected chi connectivity index (χ0v) is 10.9. The SMILES string of the molecule is CC.CC.Nc1ccc(Br)c([N+](=O)[O-])n1. The number of pyridine rings is 1. The van der Waals surface area contributed by atoms with Crippen LogP contribution in [0.1, 0.15) is 27.7 Å². The van der Waals surface area contributed by atoms with Gasteiger partial charge in [-0.1, -0.05) is 27.7 Å². The molecule has 0 amide bonds. The second-order valence-corrected chi connectivity index (χ2v) is 2.65. The van der Waals surface area contributed by atoms with E-state index in [0.29, 0.717) is 4.47 Å². The fourth-order valence-corrected chi connectivity index (χ4v) is 0.940. The van der Waals surface area contributed by atoms with Crippen LogP contribution >= 0.6 is 15.9 Å². The van der Waals surface area contributed by atoms with Gasteiger partial charge in [0.2, 0.25) is 5.82 Å². The molecule has 0 radical (unpaired) electrons. The number of hydrogen-bond donors (Lipinski definition) is 1. The minimum absolute atomic E-state index is 0.139. The second kappa shape index (κ2) is 9.39. The summed E-state index contributed by atoms with van der Waals surface area (Å²) >= 11 is 2.97. The maximum absolute atomic E-state index is 10.2. The van der Waals surface area contributed by atoms with E-state index in [9.17, 15) is 10.1 Å². The van der Waals surface area contributed by atoms with E-state index in [1.165, 1.54) is 12.1 Å². The van der Waals surface area contributed by atoms with Crippen molar-refractivity contribution in [3.05, 3.63) is 26.7 Å². The number of hydrogen-bond acceptors (Lipinski definition) is 4. The van der Waals surface area contributed by atoms with Crippen LogP contribution in [-0.2, 0) is 0 Å².